The van der Waals surface area contributed by atoms with E-state index in [1.54, 1.807) is 6.92 Å². The second kappa shape index (κ2) is 7.32. The van der Waals surface area contributed by atoms with Gasteiger partial charge in [0.15, 0.2) is 5.03 Å². The highest BCUT2D eigenvalue weighted by atomic mass is 32.2. The van der Waals surface area contributed by atoms with E-state index < -0.39 is 28.0 Å². The topological polar surface area (TPSA) is 123 Å². The predicted molar refractivity (Wildman–Crippen MR) is 77.0 cm³/mol. The molecule has 0 unspecified atom stereocenters. The second-order valence-corrected chi connectivity index (χ2v) is 6.24. The zero-order chi connectivity index (χ0) is 16.9. The van der Waals surface area contributed by atoms with E-state index in [1.165, 1.54) is 20.1 Å². The van der Waals surface area contributed by atoms with Crippen molar-refractivity contribution >= 4 is 22.0 Å². The van der Waals surface area contributed by atoms with Crippen molar-refractivity contribution in [3.63, 3.8) is 0 Å². The molecule has 0 aliphatic heterocycles. The molecule has 0 amide bonds. The van der Waals surface area contributed by atoms with E-state index >= 15 is 0 Å². The van der Waals surface area contributed by atoms with Gasteiger partial charge in [-0.25, -0.2) is 18.2 Å². The number of ether oxygens (including phenoxy) is 1. The van der Waals surface area contributed by atoms with Crippen LogP contribution in [0.1, 0.15) is 35.8 Å². The molecule has 2 N–H and O–H groups in total. The van der Waals surface area contributed by atoms with E-state index in [4.69, 9.17) is 5.11 Å². The van der Waals surface area contributed by atoms with E-state index in [0.717, 1.165) is 6.07 Å². The Morgan fingerprint density at radius 2 is 2.05 bits per heavy atom. The first-order valence-corrected chi connectivity index (χ1v) is 8.02. The van der Waals surface area contributed by atoms with Crippen LogP contribution in [0.15, 0.2) is 17.2 Å². The molecule has 1 aromatic rings. The normalized spacial score (nSPS) is 12.7. The zero-order valence-electron chi connectivity index (χ0n) is 12.5. The Hall–Kier alpha value is -2.00. The van der Waals surface area contributed by atoms with Crippen LogP contribution in [-0.4, -0.2) is 43.6 Å². The lowest BCUT2D eigenvalue weighted by molar-refractivity contribution is -0.139. The van der Waals surface area contributed by atoms with Crippen molar-refractivity contribution in [2.45, 2.75) is 37.8 Å². The summed E-state index contributed by atoms with van der Waals surface area (Å²) in [6.45, 7) is 3.21. The van der Waals surface area contributed by atoms with E-state index in [1.807, 2.05) is 0 Å². The van der Waals surface area contributed by atoms with Crippen molar-refractivity contribution in [3.8, 4) is 0 Å². The summed E-state index contributed by atoms with van der Waals surface area (Å²) in [6, 6.07) is 1.18. The highest BCUT2D eigenvalue weighted by molar-refractivity contribution is 7.89. The average Bonchev–Trinajstić information content (AvgIpc) is 2.45. The highest BCUT2D eigenvalue weighted by Gasteiger charge is 2.26. The van der Waals surface area contributed by atoms with Gasteiger partial charge in [0.05, 0.1) is 18.4 Å². The molecule has 9 heteroatoms. The van der Waals surface area contributed by atoms with Crippen LogP contribution >= 0.6 is 0 Å². The standard InChI is InChI=1S/C13H18N2O6S/c1-4-5-10(12(16)17)15-22(19,20)11-7-6-9(8(2)14-11)13(18)21-3/h6-7,10,15H,4-5H2,1-3H3,(H,16,17)/t10-/m0/s1. The van der Waals surface area contributed by atoms with Gasteiger partial charge in [-0.15, -0.1) is 0 Å². The van der Waals surface area contributed by atoms with E-state index in [0.29, 0.717) is 6.42 Å². The summed E-state index contributed by atoms with van der Waals surface area (Å²) in [5, 5.41) is 8.66. The molecule has 1 heterocycles. The summed E-state index contributed by atoms with van der Waals surface area (Å²) in [6.07, 6.45) is 0.668. The molecule has 0 spiro atoms. The lowest BCUT2D eigenvalue weighted by Crippen LogP contribution is -2.40. The van der Waals surface area contributed by atoms with Crippen LogP contribution in [0.2, 0.25) is 0 Å². The van der Waals surface area contributed by atoms with E-state index in [2.05, 4.69) is 14.4 Å². The number of hydrogen-bond donors (Lipinski definition) is 2. The number of methoxy groups -OCH3 is 1. The molecule has 0 saturated heterocycles. The molecule has 0 radical (unpaired) electrons. The average molecular weight is 330 g/mol. The third kappa shape index (κ3) is 4.25. The summed E-state index contributed by atoms with van der Waals surface area (Å²) in [4.78, 5) is 26.3. The Balaban J connectivity index is 3.10. The van der Waals surface area contributed by atoms with Crippen LogP contribution in [0, 0.1) is 6.92 Å². The first-order valence-electron chi connectivity index (χ1n) is 6.54. The maximum atomic E-state index is 12.2. The van der Waals surface area contributed by atoms with Gasteiger partial charge in [0.25, 0.3) is 10.0 Å². The number of carboxylic acids is 1. The number of pyridine rings is 1. The van der Waals surface area contributed by atoms with Gasteiger partial charge in [-0.2, -0.15) is 4.72 Å². The third-order valence-corrected chi connectivity index (χ3v) is 4.29. The van der Waals surface area contributed by atoms with Crippen molar-refractivity contribution in [1.29, 1.82) is 0 Å². The van der Waals surface area contributed by atoms with Gasteiger partial charge in [0, 0.05) is 0 Å². The Labute approximate surface area is 128 Å². The van der Waals surface area contributed by atoms with Crippen molar-refractivity contribution in [3.05, 3.63) is 23.4 Å². The first kappa shape index (κ1) is 18.1. The first-order chi connectivity index (χ1) is 10.2. The van der Waals surface area contributed by atoms with Gasteiger partial charge in [-0.3, -0.25) is 4.79 Å². The smallest absolute Gasteiger partial charge is 0.339 e. The Kier molecular flexibility index (Phi) is 6.01. The highest BCUT2D eigenvalue weighted by Crippen LogP contribution is 2.13. The van der Waals surface area contributed by atoms with Crippen LogP contribution in [0.4, 0.5) is 0 Å². The number of carbonyl (C=O) groups is 2. The molecule has 122 valence electrons. The Bertz CT molecular complexity index is 671. The molecule has 0 bridgehead atoms. The van der Waals surface area contributed by atoms with Crippen molar-refractivity contribution in [1.82, 2.24) is 9.71 Å². The van der Waals surface area contributed by atoms with Gasteiger partial charge in [0.1, 0.15) is 6.04 Å². The maximum Gasteiger partial charge on any atom is 0.339 e. The Morgan fingerprint density at radius 1 is 1.41 bits per heavy atom. The van der Waals surface area contributed by atoms with Crippen LogP contribution in [0.25, 0.3) is 0 Å². The quantitative estimate of drug-likeness (QED) is 0.706. The maximum absolute atomic E-state index is 12.2. The van der Waals surface area contributed by atoms with Gasteiger partial charge in [0.2, 0.25) is 0 Å². The van der Waals surface area contributed by atoms with Gasteiger partial charge < -0.3 is 9.84 Å². The molecule has 1 aromatic heterocycles. The number of aromatic nitrogens is 1. The van der Waals surface area contributed by atoms with Gasteiger partial charge in [-0.05, 0) is 25.5 Å². The minimum absolute atomic E-state index is 0.143. The van der Waals surface area contributed by atoms with Gasteiger partial charge in [-0.1, -0.05) is 13.3 Å². The molecule has 8 nitrogen and oxygen atoms in total. The molecule has 1 rings (SSSR count). The lowest BCUT2D eigenvalue weighted by atomic mass is 10.2. The molecule has 0 aromatic carbocycles. The third-order valence-electron chi connectivity index (χ3n) is 2.91. The fraction of sp³-hybridized carbons (Fsp3) is 0.462. The fourth-order valence-electron chi connectivity index (χ4n) is 1.78. The van der Waals surface area contributed by atoms with Crippen molar-refractivity contribution in [2.24, 2.45) is 0 Å². The summed E-state index contributed by atoms with van der Waals surface area (Å²) >= 11 is 0. The number of nitrogens with zero attached hydrogens (tertiary/aromatic N) is 1. The lowest BCUT2D eigenvalue weighted by Gasteiger charge is -2.14. The molecule has 0 aliphatic carbocycles. The number of esters is 1. The number of rotatable bonds is 7. The van der Waals surface area contributed by atoms with Crippen LogP contribution in [-0.2, 0) is 19.6 Å². The number of hydrogen-bond acceptors (Lipinski definition) is 6. The predicted octanol–water partition coefficient (Wildman–Crippen LogP) is 0.708. The molecule has 0 aliphatic rings. The Morgan fingerprint density at radius 3 is 2.50 bits per heavy atom. The number of carboxylic acid groups (broad SMARTS) is 1. The minimum Gasteiger partial charge on any atom is -0.480 e. The summed E-state index contributed by atoms with van der Waals surface area (Å²) < 4.78 is 31.0. The van der Waals surface area contributed by atoms with Crippen LogP contribution in [0.5, 0.6) is 0 Å². The van der Waals surface area contributed by atoms with Gasteiger partial charge >= 0.3 is 11.9 Å². The number of carbonyl (C=O) groups excluding carboxylic acids is 1. The number of sulfonamides is 1. The van der Waals surface area contributed by atoms with E-state index in [9.17, 15) is 18.0 Å². The molecular formula is C13H18N2O6S. The molecule has 0 saturated carbocycles. The van der Waals surface area contributed by atoms with Crippen molar-refractivity contribution in [2.75, 3.05) is 7.11 Å². The largest absolute Gasteiger partial charge is 0.480 e. The van der Waals surface area contributed by atoms with Crippen LogP contribution < -0.4 is 4.72 Å². The summed E-state index contributed by atoms with van der Waals surface area (Å²) in [5.41, 5.74) is 0.321. The SMILES string of the molecule is CCC[C@H](NS(=O)(=O)c1ccc(C(=O)OC)c(C)n1)C(=O)O. The zero-order valence-corrected chi connectivity index (χ0v) is 13.3. The molecule has 22 heavy (non-hydrogen) atoms. The summed E-state index contributed by atoms with van der Waals surface area (Å²) in [5.74, 6) is -1.88. The van der Waals surface area contributed by atoms with Crippen LogP contribution in [0.3, 0.4) is 0 Å². The second-order valence-electron chi connectivity index (χ2n) is 4.57. The number of aryl methyl sites for hydroxylation is 1. The monoisotopic (exact) mass is 330 g/mol. The van der Waals surface area contributed by atoms with E-state index in [-0.39, 0.29) is 22.7 Å². The summed E-state index contributed by atoms with van der Waals surface area (Å²) in [7, 11) is -2.89. The molecular weight excluding hydrogens is 312 g/mol. The molecule has 1 atom stereocenters. The fourth-order valence-corrected chi connectivity index (χ4v) is 3.00. The number of aliphatic carboxylic acids is 1. The minimum atomic E-state index is -4.09. The number of nitrogens with one attached hydrogen (secondary N) is 1. The van der Waals surface area contributed by atoms with Crippen molar-refractivity contribution < 1.29 is 27.9 Å². The molecule has 0 fully saturated rings.